The number of aromatic nitrogens is 1. The van der Waals surface area contributed by atoms with E-state index in [2.05, 4.69) is 10.3 Å². The molecule has 138 valence electrons. The van der Waals surface area contributed by atoms with Crippen molar-refractivity contribution in [1.82, 2.24) is 9.88 Å². The van der Waals surface area contributed by atoms with Crippen LogP contribution in [0.5, 0.6) is 5.75 Å². The number of rotatable bonds is 4. The number of nitrogens with zero attached hydrogens (tertiary/aromatic N) is 1. The van der Waals surface area contributed by atoms with E-state index in [9.17, 15) is 9.59 Å². The smallest absolute Gasteiger partial charge is 0.230 e. The summed E-state index contributed by atoms with van der Waals surface area (Å²) in [5.74, 6) is 0.116. The van der Waals surface area contributed by atoms with Gasteiger partial charge in [-0.05, 0) is 42.0 Å². The summed E-state index contributed by atoms with van der Waals surface area (Å²) in [7, 11) is 3.36. The number of nitrogens with one attached hydrogen (secondary N) is 2. The van der Waals surface area contributed by atoms with Crippen molar-refractivity contribution in [1.29, 1.82) is 0 Å². The van der Waals surface area contributed by atoms with Crippen molar-refractivity contribution in [2.45, 2.75) is 12.5 Å². The predicted octanol–water partition coefficient (Wildman–Crippen LogP) is 3.33. The van der Waals surface area contributed by atoms with Crippen LogP contribution in [0.1, 0.15) is 18.0 Å². The fourth-order valence-corrected chi connectivity index (χ4v) is 3.73. The molecule has 2 atom stereocenters. The van der Waals surface area contributed by atoms with Gasteiger partial charge in [-0.1, -0.05) is 12.1 Å². The fourth-order valence-electron chi connectivity index (χ4n) is 3.73. The molecule has 2 N–H and O–H groups in total. The number of carbonyl (C=O) groups is 2. The van der Waals surface area contributed by atoms with E-state index in [1.165, 1.54) is 0 Å². The van der Waals surface area contributed by atoms with E-state index in [1.807, 2.05) is 54.7 Å². The fraction of sp³-hybridized carbons (Fsp3) is 0.238. The number of carbonyl (C=O) groups excluding carboxylic acids is 2. The molecule has 0 saturated carbocycles. The Morgan fingerprint density at radius 3 is 2.70 bits per heavy atom. The minimum absolute atomic E-state index is 0.0305. The van der Waals surface area contributed by atoms with E-state index < -0.39 is 5.92 Å². The number of aromatic amines is 1. The lowest BCUT2D eigenvalue weighted by atomic mass is 9.92. The van der Waals surface area contributed by atoms with Crippen molar-refractivity contribution in [3.05, 3.63) is 60.3 Å². The topological polar surface area (TPSA) is 74.4 Å². The van der Waals surface area contributed by atoms with Gasteiger partial charge in [0.05, 0.1) is 19.1 Å². The largest absolute Gasteiger partial charge is 0.497 e. The first-order chi connectivity index (χ1) is 13.1. The Bertz CT molecular complexity index is 993. The summed E-state index contributed by atoms with van der Waals surface area (Å²) in [5, 5.41) is 4.00. The molecule has 2 heterocycles. The number of ether oxygens (including phenoxy) is 1. The lowest BCUT2D eigenvalue weighted by molar-refractivity contribution is -0.127. The van der Waals surface area contributed by atoms with Crippen molar-refractivity contribution in [2.24, 2.45) is 5.92 Å². The van der Waals surface area contributed by atoms with Gasteiger partial charge < -0.3 is 19.9 Å². The van der Waals surface area contributed by atoms with E-state index in [0.717, 1.165) is 27.9 Å². The second-order valence-corrected chi connectivity index (χ2v) is 6.80. The van der Waals surface area contributed by atoms with Crippen LogP contribution in [0, 0.1) is 5.92 Å². The summed E-state index contributed by atoms with van der Waals surface area (Å²) < 4.78 is 5.20. The number of fused-ring (bicyclic) bond motifs is 1. The number of methoxy groups -OCH3 is 1. The molecule has 0 aliphatic carbocycles. The molecule has 2 aromatic carbocycles. The van der Waals surface area contributed by atoms with Crippen LogP contribution in [-0.2, 0) is 9.59 Å². The highest BCUT2D eigenvalue weighted by Crippen LogP contribution is 2.38. The van der Waals surface area contributed by atoms with Gasteiger partial charge in [0.25, 0.3) is 0 Å². The van der Waals surface area contributed by atoms with Crippen LogP contribution in [0.15, 0.2) is 54.7 Å². The Morgan fingerprint density at radius 2 is 1.96 bits per heavy atom. The SMILES string of the molecule is COc1ccc([C@@H]2[C@H](C(=O)Nc3ccc4[nH]ccc4c3)CC(=O)N2C)cc1. The summed E-state index contributed by atoms with van der Waals surface area (Å²) in [6.45, 7) is 0. The van der Waals surface area contributed by atoms with Gasteiger partial charge in [0, 0.05) is 36.3 Å². The van der Waals surface area contributed by atoms with Crippen molar-refractivity contribution in [2.75, 3.05) is 19.5 Å². The summed E-state index contributed by atoms with van der Waals surface area (Å²) >= 11 is 0. The van der Waals surface area contributed by atoms with E-state index in [0.29, 0.717) is 0 Å². The molecular weight excluding hydrogens is 342 g/mol. The molecule has 1 aliphatic heterocycles. The summed E-state index contributed by atoms with van der Waals surface area (Å²) in [5.41, 5.74) is 2.66. The minimum atomic E-state index is -0.446. The first-order valence-corrected chi connectivity index (χ1v) is 8.84. The van der Waals surface area contributed by atoms with Crippen LogP contribution >= 0.6 is 0 Å². The zero-order valence-electron chi connectivity index (χ0n) is 15.2. The summed E-state index contributed by atoms with van der Waals surface area (Å²) in [6.07, 6.45) is 2.06. The summed E-state index contributed by atoms with van der Waals surface area (Å²) in [4.78, 5) is 30.1. The molecule has 0 bridgehead atoms. The molecule has 1 saturated heterocycles. The second kappa shape index (κ2) is 6.79. The van der Waals surface area contributed by atoms with E-state index in [-0.39, 0.29) is 24.3 Å². The molecule has 1 aromatic heterocycles. The number of amides is 2. The molecule has 4 rings (SSSR count). The van der Waals surface area contributed by atoms with E-state index in [1.54, 1.807) is 19.1 Å². The number of hydrogen-bond donors (Lipinski definition) is 2. The van der Waals surface area contributed by atoms with Crippen LogP contribution in [0.2, 0.25) is 0 Å². The third kappa shape index (κ3) is 3.14. The Hall–Kier alpha value is -3.28. The third-order valence-electron chi connectivity index (χ3n) is 5.20. The van der Waals surface area contributed by atoms with Crippen molar-refractivity contribution >= 4 is 28.4 Å². The summed E-state index contributed by atoms with van der Waals surface area (Å²) in [6, 6.07) is 14.9. The first-order valence-electron chi connectivity index (χ1n) is 8.84. The van der Waals surface area contributed by atoms with Crippen LogP contribution in [-0.4, -0.2) is 35.9 Å². The van der Waals surface area contributed by atoms with E-state index in [4.69, 9.17) is 4.74 Å². The number of anilines is 1. The normalized spacial score (nSPS) is 19.5. The van der Waals surface area contributed by atoms with Crippen molar-refractivity contribution in [3.63, 3.8) is 0 Å². The van der Waals surface area contributed by atoms with Gasteiger partial charge in [-0.2, -0.15) is 0 Å². The molecule has 27 heavy (non-hydrogen) atoms. The van der Waals surface area contributed by atoms with Gasteiger partial charge >= 0.3 is 0 Å². The second-order valence-electron chi connectivity index (χ2n) is 6.80. The number of likely N-dealkylation sites (tertiary alicyclic amines) is 1. The first kappa shape index (κ1) is 17.1. The molecular formula is C21H21N3O3. The maximum Gasteiger partial charge on any atom is 0.230 e. The van der Waals surface area contributed by atoms with Crippen LogP contribution in [0.3, 0.4) is 0 Å². The van der Waals surface area contributed by atoms with Crippen LogP contribution in [0.25, 0.3) is 10.9 Å². The highest BCUT2D eigenvalue weighted by molar-refractivity contribution is 5.99. The van der Waals surface area contributed by atoms with Crippen molar-refractivity contribution in [3.8, 4) is 5.75 Å². The standard InChI is InChI=1S/C21H21N3O3/c1-24-19(25)12-17(20(24)13-3-6-16(27-2)7-4-13)21(26)23-15-5-8-18-14(11-15)9-10-22-18/h3-11,17,20,22H,12H2,1-2H3,(H,23,26)/t17-,20-/m1/s1. The van der Waals surface area contributed by atoms with Gasteiger partial charge in [0.15, 0.2) is 0 Å². The Labute approximate surface area is 157 Å². The van der Waals surface area contributed by atoms with Crippen molar-refractivity contribution < 1.29 is 14.3 Å². The zero-order valence-corrected chi connectivity index (χ0v) is 15.2. The Balaban J connectivity index is 1.59. The minimum Gasteiger partial charge on any atom is -0.497 e. The highest BCUT2D eigenvalue weighted by Gasteiger charge is 2.42. The molecule has 0 spiro atoms. The van der Waals surface area contributed by atoms with Gasteiger partial charge in [-0.25, -0.2) is 0 Å². The van der Waals surface area contributed by atoms with Gasteiger partial charge in [0.1, 0.15) is 5.75 Å². The third-order valence-corrected chi connectivity index (χ3v) is 5.20. The van der Waals surface area contributed by atoms with Gasteiger partial charge in [0.2, 0.25) is 11.8 Å². The quantitative estimate of drug-likeness (QED) is 0.747. The highest BCUT2D eigenvalue weighted by atomic mass is 16.5. The molecule has 2 amide bonds. The monoisotopic (exact) mass is 363 g/mol. The lowest BCUT2D eigenvalue weighted by Crippen LogP contribution is -2.30. The van der Waals surface area contributed by atoms with Crippen LogP contribution < -0.4 is 10.1 Å². The number of benzene rings is 2. The lowest BCUT2D eigenvalue weighted by Gasteiger charge is -2.25. The Kier molecular flexibility index (Phi) is 4.32. The Morgan fingerprint density at radius 1 is 1.19 bits per heavy atom. The molecule has 0 radical (unpaired) electrons. The number of hydrogen-bond acceptors (Lipinski definition) is 3. The average molecular weight is 363 g/mol. The molecule has 6 heteroatoms. The average Bonchev–Trinajstić information content (AvgIpc) is 3.26. The zero-order chi connectivity index (χ0) is 19.0. The maximum absolute atomic E-state index is 13.0. The number of H-pyrrole nitrogens is 1. The molecule has 6 nitrogen and oxygen atoms in total. The molecule has 1 fully saturated rings. The predicted molar refractivity (Wildman–Crippen MR) is 104 cm³/mol. The van der Waals surface area contributed by atoms with Gasteiger partial charge in [-0.3, -0.25) is 9.59 Å². The van der Waals surface area contributed by atoms with Gasteiger partial charge in [-0.15, -0.1) is 0 Å². The van der Waals surface area contributed by atoms with E-state index >= 15 is 0 Å². The molecule has 1 aliphatic rings. The molecule has 0 unspecified atom stereocenters. The maximum atomic E-state index is 13.0. The van der Waals surface area contributed by atoms with Crippen LogP contribution in [0.4, 0.5) is 5.69 Å². The molecule has 3 aromatic rings.